The first-order valence-electron chi connectivity index (χ1n) is 35.8. The van der Waals surface area contributed by atoms with Gasteiger partial charge in [0.2, 0.25) is 23.6 Å². The summed E-state index contributed by atoms with van der Waals surface area (Å²) in [6.07, 6.45) is 10.5. The summed E-state index contributed by atoms with van der Waals surface area (Å²) in [5, 5.41) is 12.5. The number of methoxy groups -OCH3 is 2. The van der Waals surface area contributed by atoms with Gasteiger partial charge in [-0.25, -0.2) is 19.0 Å². The van der Waals surface area contributed by atoms with Gasteiger partial charge in [-0.05, 0) is 143 Å². The Labute approximate surface area is 605 Å². The van der Waals surface area contributed by atoms with Crippen molar-refractivity contribution in [2.24, 2.45) is 22.7 Å². The Balaban J connectivity index is 0.000000208. The fourth-order valence-corrected chi connectivity index (χ4v) is 16.1. The molecular weight excluding hydrogens is 1390 g/mol. The van der Waals surface area contributed by atoms with Gasteiger partial charge in [-0.15, -0.1) is 6.58 Å². The van der Waals surface area contributed by atoms with E-state index in [-0.39, 0.29) is 56.9 Å². The van der Waals surface area contributed by atoms with Crippen LogP contribution in [0.15, 0.2) is 73.6 Å². The molecule has 0 unspecified atom stereocenters. The molecule has 4 heterocycles. The molecule has 0 spiro atoms. The summed E-state index contributed by atoms with van der Waals surface area (Å²) in [5.74, 6) is -2.95. The summed E-state index contributed by atoms with van der Waals surface area (Å²) >= 11 is 0. The first kappa shape index (κ1) is 76.5. The third-order valence-electron chi connectivity index (χ3n) is 20.4. The van der Waals surface area contributed by atoms with E-state index in [1.807, 2.05) is 22.4 Å². The number of nitrogens with zero attached hydrogens (tertiary/aromatic N) is 4. The highest BCUT2D eigenvalue weighted by atomic mass is 32.2. The zero-order valence-electron chi connectivity index (χ0n) is 60.2. The Kier molecular flexibility index (Phi) is 22.7. The van der Waals surface area contributed by atoms with Crippen LogP contribution < -0.4 is 49.7 Å². The SMILES string of the molecule is C=C[C@@H]1C[C@]1(NC(=O)[C@@H]1C[C@@H](Oc2ccnc3cc(OC)ccc23)CN1C(=O)[C@@H](NC(=O)OC1CCCC1)C(C)(C)C)C(=O)NS(=O)(=O)OC1CC1.CC[C@@H]1C[C@]1(NC(=O)[C@@H]1C[C@@H](Oc2ccnc3cc(OC)ccc23)CN1C(=O)[C@@H](NC(=O)OC1CCCC1)C(C)(C)C)C(=O)NS(=O)(=O)OC1CC1. The Bertz CT molecular complexity index is 4170. The number of benzene rings is 2. The van der Waals surface area contributed by atoms with Gasteiger partial charge >= 0.3 is 32.8 Å². The second-order valence-corrected chi connectivity index (χ2v) is 33.1. The second kappa shape index (κ2) is 30.8. The van der Waals surface area contributed by atoms with Crippen molar-refractivity contribution in [3.05, 3.63) is 73.6 Å². The van der Waals surface area contributed by atoms with Gasteiger partial charge in [-0.2, -0.15) is 16.8 Å². The van der Waals surface area contributed by atoms with Crippen molar-refractivity contribution >= 4 is 90.0 Å². The van der Waals surface area contributed by atoms with E-state index < -0.39 is 145 Å². The normalized spacial score (nSPS) is 25.3. The van der Waals surface area contributed by atoms with Crippen molar-refractivity contribution in [2.75, 3.05) is 27.3 Å². The Morgan fingerprint density at radius 3 is 1.33 bits per heavy atom. The van der Waals surface area contributed by atoms with Crippen LogP contribution >= 0.6 is 0 Å². The molecule has 8 aliphatic rings. The van der Waals surface area contributed by atoms with Crippen LogP contribution in [0.1, 0.15) is 158 Å². The standard InChI is InChI=1S/C36H49N5O10S.C36H47N5O10S/c2*1-6-21-19-36(21,33(44)40-52(46,47)51-23-11-12-23)39-31(42)28-18-25(49-29-15-16-37-27-17-24(48-5)13-14-26(27)29)20-41(28)32(43)30(35(2,3)4)38-34(45)50-22-9-7-8-10-22/h13-17,21-23,25,28,30H,6-12,18-20H2,1-5H3,(H,38,45)(H,39,42)(H,40,44);6,13-17,21-23,25,28,30H,1,7-12,18-20H2,2-5H3,(H,38,45)(H,39,42)(H,40,44)/t2*21-,25-,28+,30-,36-/m11/s1. The number of aromatic nitrogens is 2. The molecule has 6 N–H and O–H groups in total. The first-order chi connectivity index (χ1) is 49.2. The number of pyridine rings is 2. The fraction of sp³-hybridized carbons (Fsp3) is 0.611. The van der Waals surface area contributed by atoms with Crippen molar-refractivity contribution in [1.82, 2.24) is 50.5 Å². The zero-order chi connectivity index (χ0) is 74.8. The van der Waals surface area contributed by atoms with Gasteiger partial charge in [0.25, 0.3) is 11.8 Å². The van der Waals surface area contributed by atoms with Crippen LogP contribution in [0.5, 0.6) is 23.0 Å². The van der Waals surface area contributed by atoms with Gasteiger partial charge in [0.1, 0.15) is 82.7 Å². The molecule has 4 aromatic rings. The average Bonchev–Trinajstić information content (AvgIpc) is 1.58. The Morgan fingerprint density at radius 1 is 0.567 bits per heavy atom. The highest BCUT2D eigenvalue weighted by Gasteiger charge is 2.64. The number of ether oxygens (including phenoxy) is 6. The summed E-state index contributed by atoms with van der Waals surface area (Å²) < 4.78 is 99.0. The Hall–Kier alpha value is -8.62. The maximum atomic E-state index is 14.5. The molecule has 8 amide bonds. The molecule has 32 heteroatoms. The molecule has 104 heavy (non-hydrogen) atoms. The predicted octanol–water partition coefficient (Wildman–Crippen LogP) is 6.78. The lowest BCUT2D eigenvalue weighted by atomic mass is 9.85. The maximum Gasteiger partial charge on any atom is 0.408 e. The van der Waals surface area contributed by atoms with E-state index >= 15 is 0 Å². The summed E-state index contributed by atoms with van der Waals surface area (Å²) in [7, 11) is -5.69. The molecule has 10 atom stereocenters. The molecule has 6 saturated carbocycles. The monoisotopic (exact) mass is 1480 g/mol. The molecule has 0 bridgehead atoms. The molecule has 2 saturated heterocycles. The van der Waals surface area contributed by atoms with Crippen LogP contribution in [0.2, 0.25) is 0 Å². The van der Waals surface area contributed by atoms with Gasteiger partial charge in [0.05, 0.1) is 50.6 Å². The topological polar surface area (TPSA) is 383 Å². The minimum atomic E-state index is -4.42. The van der Waals surface area contributed by atoms with E-state index in [1.54, 1.807) is 111 Å². The zero-order valence-corrected chi connectivity index (χ0v) is 61.8. The molecule has 6 aliphatic carbocycles. The molecule has 566 valence electrons. The number of hydrogen-bond acceptors (Lipinski definition) is 22. The fourth-order valence-electron chi connectivity index (χ4n) is 14.1. The van der Waals surface area contributed by atoms with E-state index in [2.05, 4.69) is 37.8 Å². The largest absolute Gasteiger partial charge is 0.497 e. The van der Waals surface area contributed by atoms with Gasteiger partial charge in [0, 0.05) is 54.1 Å². The van der Waals surface area contributed by atoms with Gasteiger partial charge in [-0.1, -0.05) is 61.0 Å². The van der Waals surface area contributed by atoms with E-state index in [1.165, 1.54) is 15.9 Å². The highest BCUT2D eigenvalue weighted by molar-refractivity contribution is 7.85. The van der Waals surface area contributed by atoms with Crippen LogP contribution in [0, 0.1) is 22.7 Å². The van der Waals surface area contributed by atoms with Crippen LogP contribution in [0.3, 0.4) is 0 Å². The van der Waals surface area contributed by atoms with Gasteiger partial charge in [0.15, 0.2) is 0 Å². The number of carbonyl (C=O) groups is 8. The lowest BCUT2D eigenvalue weighted by molar-refractivity contribution is -0.143. The second-order valence-electron chi connectivity index (χ2n) is 30.5. The van der Waals surface area contributed by atoms with Gasteiger partial charge < -0.3 is 59.5 Å². The van der Waals surface area contributed by atoms with Crippen LogP contribution in [0.4, 0.5) is 9.59 Å². The third kappa shape index (κ3) is 18.2. The molecule has 30 nitrogen and oxygen atoms in total. The molecule has 2 aromatic carbocycles. The van der Waals surface area contributed by atoms with Crippen molar-refractivity contribution < 1.29 is 92.0 Å². The van der Waals surface area contributed by atoms with Crippen LogP contribution in [-0.2, 0) is 67.2 Å². The lowest BCUT2D eigenvalue weighted by Gasteiger charge is -2.35. The van der Waals surface area contributed by atoms with Crippen molar-refractivity contribution in [2.45, 2.75) is 229 Å². The molecule has 12 rings (SSSR count). The number of nitrogens with one attached hydrogen (secondary N) is 6. The minimum absolute atomic E-state index is 0.0111. The molecule has 8 fully saturated rings. The minimum Gasteiger partial charge on any atom is -0.497 e. The maximum absolute atomic E-state index is 14.5. The molecule has 2 aliphatic heterocycles. The van der Waals surface area contributed by atoms with Gasteiger partial charge in [-0.3, -0.25) is 47.1 Å². The number of amides is 8. The predicted molar refractivity (Wildman–Crippen MR) is 377 cm³/mol. The van der Waals surface area contributed by atoms with Crippen LogP contribution in [-0.4, -0.2) is 183 Å². The summed E-state index contributed by atoms with van der Waals surface area (Å²) in [6.45, 7) is 16.4. The quantitative estimate of drug-likeness (QED) is 0.0353. The number of carbonyl (C=O) groups excluding carboxylic acids is 8. The Morgan fingerprint density at radius 2 is 0.971 bits per heavy atom. The van der Waals surface area contributed by atoms with Crippen LogP contribution in [0.25, 0.3) is 21.8 Å². The lowest BCUT2D eigenvalue weighted by Crippen LogP contribution is -2.60. The summed E-state index contributed by atoms with van der Waals surface area (Å²) in [5.41, 5.74) is -3.47. The third-order valence-corrected chi connectivity index (χ3v) is 22.3. The van der Waals surface area contributed by atoms with E-state index in [4.69, 9.17) is 36.8 Å². The van der Waals surface area contributed by atoms with E-state index in [9.17, 15) is 55.2 Å². The summed E-state index contributed by atoms with van der Waals surface area (Å²) in [6, 6.07) is 9.66. The molecular formula is C72H96N10O20S2. The molecule has 2 aromatic heterocycles. The number of rotatable bonds is 26. The smallest absolute Gasteiger partial charge is 0.408 e. The van der Waals surface area contributed by atoms with E-state index in [0.29, 0.717) is 76.9 Å². The number of alkyl carbamates (subject to hydrolysis) is 2. The van der Waals surface area contributed by atoms with Crippen molar-refractivity contribution in [3.63, 3.8) is 0 Å². The van der Waals surface area contributed by atoms with Crippen molar-refractivity contribution in [1.29, 1.82) is 0 Å². The first-order valence-corrected chi connectivity index (χ1v) is 38.6. The average molecular weight is 1490 g/mol. The summed E-state index contributed by atoms with van der Waals surface area (Å²) in [4.78, 5) is 122. The van der Waals surface area contributed by atoms with E-state index in [0.717, 1.165) is 51.4 Å². The van der Waals surface area contributed by atoms with Crippen molar-refractivity contribution in [3.8, 4) is 23.0 Å². The number of hydrogen-bond donors (Lipinski definition) is 6. The highest BCUT2D eigenvalue weighted by Crippen LogP contribution is 2.48. The number of likely N-dealkylation sites (tertiary alicyclic amines) is 2. The molecule has 0 radical (unpaired) electrons. The number of fused-ring (bicyclic) bond motifs is 2.